The number of nitrogens with zero attached hydrogens (tertiary/aromatic N) is 3. The third-order valence-corrected chi connectivity index (χ3v) is 5.47. The minimum absolute atomic E-state index is 0.0585. The molecule has 0 atom stereocenters. The second-order valence-electron chi connectivity index (χ2n) is 6.42. The number of carbonyl (C=O) groups excluding carboxylic acids is 1. The van der Waals surface area contributed by atoms with Crippen molar-refractivity contribution in [2.45, 2.75) is 26.8 Å². The lowest BCUT2D eigenvalue weighted by Crippen LogP contribution is -2.34. The summed E-state index contributed by atoms with van der Waals surface area (Å²) in [6.07, 6.45) is 0.212. The molecule has 0 aliphatic rings. The monoisotopic (exact) mass is 403 g/mol. The SMILES string of the molecule is Cc1ccc(C)n1-c1nc(CC(=O)N(CCO)Cc2ccc(Cl)cc2)cs1. The first-order chi connectivity index (χ1) is 13.0. The maximum atomic E-state index is 12.8. The van der Waals surface area contributed by atoms with E-state index in [1.165, 1.54) is 11.3 Å². The summed E-state index contributed by atoms with van der Waals surface area (Å²) in [6, 6.07) is 11.5. The van der Waals surface area contributed by atoms with Crippen molar-refractivity contribution in [3.63, 3.8) is 0 Å². The number of aliphatic hydroxyl groups is 1. The summed E-state index contributed by atoms with van der Waals surface area (Å²) in [5, 5.41) is 12.8. The molecule has 3 rings (SSSR count). The summed E-state index contributed by atoms with van der Waals surface area (Å²) in [5.41, 5.74) is 3.94. The molecule has 1 amide bonds. The van der Waals surface area contributed by atoms with Gasteiger partial charge in [0.25, 0.3) is 0 Å². The van der Waals surface area contributed by atoms with E-state index in [4.69, 9.17) is 11.6 Å². The minimum Gasteiger partial charge on any atom is -0.395 e. The van der Waals surface area contributed by atoms with Gasteiger partial charge in [0.05, 0.1) is 18.7 Å². The fourth-order valence-corrected chi connectivity index (χ4v) is 4.01. The zero-order chi connectivity index (χ0) is 19.4. The lowest BCUT2D eigenvalue weighted by Gasteiger charge is -2.21. The highest BCUT2D eigenvalue weighted by Gasteiger charge is 2.17. The Balaban J connectivity index is 1.71. The zero-order valence-corrected chi connectivity index (χ0v) is 16.9. The molecule has 0 fully saturated rings. The van der Waals surface area contributed by atoms with E-state index in [0.29, 0.717) is 11.6 Å². The van der Waals surface area contributed by atoms with Crippen LogP contribution in [0, 0.1) is 13.8 Å². The zero-order valence-electron chi connectivity index (χ0n) is 15.4. The number of aryl methyl sites for hydroxylation is 2. The topological polar surface area (TPSA) is 58.4 Å². The number of rotatable bonds is 7. The van der Waals surface area contributed by atoms with Gasteiger partial charge in [0, 0.05) is 34.9 Å². The van der Waals surface area contributed by atoms with Crippen molar-refractivity contribution < 1.29 is 9.90 Å². The summed E-state index contributed by atoms with van der Waals surface area (Å²) >= 11 is 7.44. The first-order valence-corrected chi connectivity index (χ1v) is 9.96. The molecular weight excluding hydrogens is 382 g/mol. The van der Waals surface area contributed by atoms with Crippen LogP contribution in [0.25, 0.3) is 5.13 Å². The van der Waals surface area contributed by atoms with Gasteiger partial charge in [-0.25, -0.2) is 4.98 Å². The molecule has 0 aliphatic carbocycles. The molecule has 0 radical (unpaired) electrons. The van der Waals surface area contributed by atoms with Crippen LogP contribution in [-0.2, 0) is 17.8 Å². The van der Waals surface area contributed by atoms with Crippen LogP contribution in [0.4, 0.5) is 0 Å². The van der Waals surface area contributed by atoms with E-state index >= 15 is 0 Å². The largest absolute Gasteiger partial charge is 0.395 e. The van der Waals surface area contributed by atoms with Crippen molar-refractivity contribution >= 4 is 28.8 Å². The summed E-state index contributed by atoms with van der Waals surface area (Å²) in [5.74, 6) is -0.0585. The average Bonchev–Trinajstić information content (AvgIpc) is 3.22. The molecule has 2 aromatic heterocycles. The molecule has 2 heterocycles. The van der Waals surface area contributed by atoms with Crippen LogP contribution in [0.2, 0.25) is 5.02 Å². The van der Waals surface area contributed by atoms with Crippen molar-refractivity contribution in [3.05, 3.63) is 69.4 Å². The van der Waals surface area contributed by atoms with Crippen LogP contribution < -0.4 is 0 Å². The quantitative estimate of drug-likeness (QED) is 0.653. The highest BCUT2D eigenvalue weighted by Crippen LogP contribution is 2.21. The Hall–Kier alpha value is -2.15. The molecule has 0 saturated heterocycles. The Labute approximate surface area is 167 Å². The molecule has 142 valence electrons. The van der Waals surface area contributed by atoms with Crippen molar-refractivity contribution in [2.75, 3.05) is 13.2 Å². The van der Waals surface area contributed by atoms with Crippen LogP contribution in [0.15, 0.2) is 41.8 Å². The predicted molar refractivity (Wildman–Crippen MR) is 109 cm³/mol. The van der Waals surface area contributed by atoms with Crippen LogP contribution in [-0.4, -0.2) is 38.6 Å². The van der Waals surface area contributed by atoms with E-state index in [1.807, 2.05) is 31.4 Å². The Bertz CT molecular complexity index is 898. The van der Waals surface area contributed by atoms with Gasteiger partial charge in [-0.15, -0.1) is 11.3 Å². The summed E-state index contributed by atoms with van der Waals surface area (Å²) in [4.78, 5) is 19.0. The second kappa shape index (κ2) is 8.69. The van der Waals surface area contributed by atoms with Gasteiger partial charge >= 0.3 is 0 Å². The number of carbonyl (C=O) groups is 1. The molecule has 3 aromatic rings. The fraction of sp³-hybridized carbons (Fsp3) is 0.300. The molecular formula is C20H22ClN3O2S. The maximum Gasteiger partial charge on any atom is 0.229 e. The number of halogens is 1. The first kappa shape index (κ1) is 19.6. The van der Waals surface area contributed by atoms with Crippen LogP contribution >= 0.6 is 22.9 Å². The lowest BCUT2D eigenvalue weighted by atomic mass is 10.2. The lowest BCUT2D eigenvalue weighted by molar-refractivity contribution is -0.131. The van der Waals surface area contributed by atoms with Gasteiger partial charge in [-0.3, -0.25) is 9.36 Å². The highest BCUT2D eigenvalue weighted by atomic mass is 35.5. The number of thiazole rings is 1. The molecule has 1 aromatic carbocycles. The van der Waals surface area contributed by atoms with Gasteiger partial charge in [0.2, 0.25) is 5.91 Å². The Kier molecular flexibility index (Phi) is 6.31. The summed E-state index contributed by atoms with van der Waals surface area (Å²) in [7, 11) is 0. The average molecular weight is 404 g/mol. The Morgan fingerprint density at radius 3 is 2.48 bits per heavy atom. The molecule has 5 nitrogen and oxygen atoms in total. The summed E-state index contributed by atoms with van der Waals surface area (Å²) in [6.45, 7) is 4.71. The van der Waals surface area contributed by atoms with Gasteiger partial charge in [0.15, 0.2) is 5.13 Å². The number of benzene rings is 1. The third kappa shape index (κ3) is 4.77. The van der Waals surface area contributed by atoms with Crippen LogP contribution in [0.1, 0.15) is 22.6 Å². The Morgan fingerprint density at radius 1 is 1.19 bits per heavy atom. The molecule has 0 spiro atoms. The number of amides is 1. The van der Waals surface area contributed by atoms with E-state index in [2.05, 4.69) is 21.7 Å². The molecule has 0 aliphatic heterocycles. The van der Waals surface area contributed by atoms with E-state index in [0.717, 1.165) is 27.8 Å². The van der Waals surface area contributed by atoms with E-state index in [9.17, 15) is 9.90 Å². The maximum absolute atomic E-state index is 12.8. The number of aromatic nitrogens is 2. The molecule has 7 heteroatoms. The fourth-order valence-electron chi connectivity index (χ4n) is 2.94. The first-order valence-electron chi connectivity index (χ1n) is 8.70. The van der Waals surface area contributed by atoms with Gasteiger partial charge in [0.1, 0.15) is 0 Å². The minimum atomic E-state index is -0.0800. The normalized spacial score (nSPS) is 11.0. The van der Waals surface area contributed by atoms with Gasteiger partial charge in [-0.1, -0.05) is 23.7 Å². The van der Waals surface area contributed by atoms with E-state index < -0.39 is 0 Å². The van der Waals surface area contributed by atoms with Crippen molar-refractivity contribution in [2.24, 2.45) is 0 Å². The summed E-state index contributed by atoms with van der Waals surface area (Å²) < 4.78 is 2.08. The van der Waals surface area contributed by atoms with E-state index in [-0.39, 0.29) is 25.5 Å². The number of hydrogen-bond donors (Lipinski definition) is 1. The van der Waals surface area contributed by atoms with Crippen molar-refractivity contribution in [1.29, 1.82) is 0 Å². The van der Waals surface area contributed by atoms with Crippen molar-refractivity contribution in [1.82, 2.24) is 14.5 Å². The van der Waals surface area contributed by atoms with Crippen LogP contribution in [0.3, 0.4) is 0 Å². The number of aliphatic hydroxyl groups excluding tert-OH is 1. The molecule has 27 heavy (non-hydrogen) atoms. The molecule has 0 saturated carbocycles. The molecule has 1 N–H and O–H groups in total. The van der Waals surface area contributed by atoms with Gasteiger partial charge in [-0.05, 0) is 43.7 Å². The molecule has 0 bridgehead atoms. The third-order valence-electron chi connectivity index (χ3n) is 4.34. The smallest absolute Gasteiger partial charge is 0.229 e. The standard InChI is InChI=1S/C20H22ClN3O2S/c1-14-3-4-15(2)24(14)20-22-18(13-27-20)11-19(26)23(9-10-25)12-16-5-7-17(21)8-6-16/h3-8,13,25H,9-12H2,1-2H3. The second-order valence-corrected chi connectivity index (χ2v) is 7.69. The number of hydrogen-bond acceptors (Lipinski definition) is 4. The van der Waals surface area contributed by atoms with Gasteiger partial charge < -0.3 is 10.0 Å². The highest BCUT2D eigenvalue weighted by molar-refractivity contribution is 7.12. The van der Waals surface area contributed by atoms with Crippen LogP contribution in [0.5, 0.6) is 0 Å². The van der Waals surface area contributed by atoms with Gasteiger partial charge in [-0.2, -0.15) is 0 Å². The predicted octanol–water partition coefficient (Wildman–Crippen LogP) is 3.77. The van der Waals surface area contributed by atoms with E-state index in [1.54, 1.807) is 17.0 Å². The Morgan fingerprint density at radius 2 is 1.85 bits per heavy atom. The molecule has 0 unspecified atom stereocenters. The van der Waals surface area contributed by atoms with Crippen molar-refractivity contribution in [3.8, 4) is 5.13 Å².